The van der Waals surface area contributed by atoms with Gasteiger partial charge in [-0.15, -0.1) is 0 Å². The predicted molar refractivity (Wildman–Crippen MR) is 126 cm³/mol. The van der Waals surface area contributed by atoms with Gasteiger partial charge in [0.25, 0.3) is 0 Å². The van der Waals surface area contributed by atoms with E-state index in [1.165, 1.54) is 0 Å². The average Bonchev–Trinajstić information content (AvgIpc) is 3.35. The van der Waals surface area contributed by atoms with E-state index in [4.69, 9.17) is 4.74 Å². The topological polar surface area (TPSA) is 63.6 Å². The Morgan fingerprint density at radius 3 is 1.61 bits per heavy atom. The number of aliphatic hydroxyl groups excluding tert-OH is 1. The number of hydrogen-bond acceptors (Lipinski definition) is 4. The summed E-state index contributed by atoms with van der Waals surface area (Å²) in [5.41, 5.74) is 1.98. The van der Waals surface area contributed by atoms with Crippen molar-refractivity contribution in [1.29, 1.82) is 0 Å². The van der Waals surface area contributed by atoms with Crippen molar-refractivity contribution in [2.24, 2.45) is 22.7 Å². The Balaban J connectivity index is 1.74. The first-order chi connectivity index (χ1) is 14.8. The van der Waals surface area contributed by atoms with Crippen LogP contribution in [0.25, 0.3) is 0 Å². The fourth-order valence-corrected chi connectivity index (χ4v) is 10.8. The third-order valence-electron chi connectivity index (χ3n) is 8.78. The molecule has 3 fully saturated rings. The summed E-state index contributed by atoms with van der Waals surface area (Å²) in [6.45, 7) is 0. The molecule has 1 saturated heterocycles. The Morgan fingerprint density at radius 2 is 1.19 bits per heavy atom. The maximum absolute atomic E-state index is 13.7. The number of esters is 2. The van der Waals surface area contributed by atoms with Crippen LogP contribution in [0, 0.1) is 22.7 Å². The minimum atomic E-state index is -1.08. The van der Waals surface area contributed by atoms with Crippen molar-refractivity contribution < 1.29 is 19.4 Å². The van der Waals surface area contributed by atoms with E-state index >= 15 is 0 Å². The molecule has 4 nitrogen and oxygen atoms in total. The lowest BCUT2D eigenvalue weighted by molar-refractivity contribution is -0.158. The number of fused-ring (bicyclic) bond motifs is 2. The Morgan fingerprint density at radius 1 is 0.774 bits per heavy atom. The standard InChI is InChI=1S/C23H14Br4O4/c24-15-11-12(16(25)18(27)17(15)26)14-8-4-2-1-3-7(8)13(11)22-9-5-6-10(19(9)28)23(14,22)21(30)31-20(22)29/h1-4,9-10,13-14,19,28H,5-6H2/t9-,10+,13+,14-,19?,22-,23+. The van der Waals surface area contributed by atoms with Crippen molar-refractivity contribution in [2.75, 3.05) is 0 Å². The predicted octanol–water partition coefficient (Wildman–Crippen LogP) is 5.78. The van der Waals surface area contributed by atoms with Gasteiger partial charge < -0.3 is 9.84 Å². The molecule has 4 bridgehead atoms. The van der Waals surface area contributed by atoms with Crippen LogP contribution in [0.4, 0.5) is 0 Å². The van der Waals surface area contributed by atoms with E-state index in [-0.39, 0.29) is 23.7 Å². The maximum atomic E-state index is 13.7. The van der Waals surface area contributed by atoms with Crippen LogP contribution in [0.5, 0.6) is 0 Å². The minimum absolute atomic E-state index is 0.293. The molecule has 0 radical (unpaired) electrons. The van der Waals surface area contributed by atoms with E-state index in [9.17, 15) is 14.7 Å². The van der Waals surface area contributed by atoms with Crippen molar-refractivity contribution >= 4 is 75.7 Å². The second kappa shape index (κ2) is 5.93. The lowest BCUT2D eigenvalue weighted by Gasteiger charge is -2.60. The zero-order chi connectivity index (χ0) is 21.6. The molecule has 6 aliphatic rings. The van der Waals surface area contributed by atoms with Gasteiger partial charge in [0, 0.05) is 41.6 Å². The van der Waals surface area contributed by atoms with Crippen LogP contribution < -0.4 is 0 Å². The second-order valence-electron chi connectivity index (χ2n) is 9.27. The Kier molecular flexibility index (Phi) is 3.80. The summed E-state index contributed by atoms with van der Waals surface area (Å²) < 4.78 is 8.97. The molecule has 8 rings (SSSR count). The SMILES string of the molecule is O=C1OC(=O)[C@]23[C@@H]4c5ccccc5[C@@H](c5c(Br)c(Br)c(Br)c(Br)c54)[C@]12[C@@H]1CC[C@H]3C1O. The van der Waals surface area contributed by atoms with Gasteiger partial charge in [-0.25, -0.2) is 0 Å². The van der Waals surface area contributed by atoms with Gasteiger partial charge in [0.2, 0.25) is 0 Å². The van der Waals surface area contributed by atoms with Crippen molar-refractivity contribution in [3.8, 4) is 0 Å². The number of hydrogen-bond donors (Lipinski definition) is 1. The van der Waals surface area contributed by atoms with Gasteiger partial charge in [-0.2, -0.15) is 0 Å². The molecule has 158 valence electrons. The quantitative estimate of drug-likeness (QED) is 0.167. The molecule has 1 unspecified atom stereocenters. The molecular weight excluding hydrogens is 660 g/mol. The fourth-order valence-electron chi connectivity index (χ4n) is 8.15. The molecule has 2 aromatic rings. The molecular formula is C23H14Br4O4. The number of rotatable bonds is 0. The Labute approximate surface area is 211 Å². The normalized spacial score (nSPS) is 40.5. The number of cyclic esters (lactones) is 2. The van der Waals surface area contributed by atoms with E-state index in [0.717, 1.165) is 53.0 Å². The molecule has 1 heterocycles. The summed E-state index contributed by atoms with van der Waals surface area (Å²) in [6.07, 6.45) is 0.773. The van der Waals surface area contributed by atoms with Crippen LogP contribution in [-0.4, -0.2) is 23.1 Å². The molecule has 1 N–H and O–H groups in total. The maximum Gasteiger partial charge on any atom is 0.322 e. The van der Waals surface area contributed by atoms with Crippen LogP contribution in [0.3, 0.4) is 0 Å². The molecule has 8 heteroatoms. The molecule has 1 aliphatic heterocycles. The van der Waals surface area contributed by atoms with Gasteiger partial charge in [-0.3, -0.25) is 9.59 Å². The van der Waals surface area contributed by atoms with Gasteiger partial charge in [0.15, 0.2) is 0 Å². The molecule has 2 saturated carbocycles. The highest BCUT2D eigenvalue weighted by Gasteiger charge is 2.89. The molecule has 0 amide bonds. The third kappa shape index (κ3) is 1.76. The number of carbonyl (C=O) groups is 2. The van der Waals surface area contributed by atoms with Gasteiger partial charge in [0.05, 0.1) is 6.10 Å². The summed E-state index contributed by atoms with van der Waals surface area (Å²) >= 11 is 15.0. The van der Waals surface area contributed by atoms with Gasteiger partial charge in [-0.05, 0) is 98.8 Å². The Hall–Kier alpha value is -0.540. The fraction of sp³-hybridized carbons (Fsp3) is 0.391. The van der Waals surface area contributed by atoms with Crippen LogP contribution in [0.2, 0.25) is 0 Å². The van der Waals surface area contributed by atoms with Crippen LogP contribution >= 0.6 is 63.7 Å². The average molecular weight is 674 g/mol. The van der Waals surface area contributed by atoms with E-state index in [2.05, 4.69) is 75.9 Å². The van der Waals surface area contributed by atoms with Crippen molar-refractivity contribution in [2.45, 2.75) is 30.8 Å². The molecule has 7 atom stereocenters. The summed E-state index contributed by atoms with van der Waals surface area (Å²) in [5, 5.41) is 11.4. The zero-order valence-corrected chi connectivity index (χ0v) is 22.1. The smallest absolute Gasteiger partial charge is 0.322 e. The Bertz CT molecular complexity index is 1180. The van der Waals surface area contributed by atoms with Gasteiger partial charge in [-0.1, -0.05) is 24.3 Å². The number of halogens is 4. The second-order valence-corrected chi connectivity index (χ2v) is 12.4. The third-order valence-corrected chi connectivity index (χ3v) is 13.6. The molecule has 5 aliphatic carbocycles. The lowest BCUT2D eigenvalue weighted by atomic mass is 9.38. The van der Waals surface area contributed by atoms with E-state index in [1.807, 2.05) is 12.1 Å². The zero-order valence-electron chi connectivity index (χ0n) is 15.8. The molecule has 0 aromatic heterocycles. The molecule has 0 spiro atoms. The van der Waals surface area contributed by atoms with Crippen LogP contribution in [-0.2, 0) is 14.3 Å². The van der Waals surface area contributed by atoms with Gasteiger partial charge >= 0.3 is 11.9 Å². The number of ether oxygens (including phenoxy) is 1. The summed E-state index contributed by atoms with van der Waals surface area (Å²) in [5.74, 6) is -2.25. The van der Waals surface area contributed by atoms with Gasteiger partial charge in [0.1, 0.15) is 10.8 Å². The van der Waals surface area contributed by atoms with Crippen molar-refractivity contribution in [1.82, 2.24) is 0 Å². The first-order valence-electron chi connectivity index (χ1n) is 10.2. The van der Waals surface area contributed by atoms with E-state index < -0.39 is 28.9 Å². The van der Waals surface area contributed by atoms with Crippen LogP contribution in [0.1, 0.15) is 46.9 Å². The van der Waals surface area contributed by atoms with Crippen molar-refractivity contribution in [3.63, 3.8) is 0 Å². The molecule has 31 heavy (non-hydrogen) atoms. The summed E-state index contributed by atoms with van der Waals surface area (Å²) in [7, 11) is 0. The summed E-state index contributed by atoms with van der Waals surface area (Å²) in [4.78, 5) is 27.4. The number of carbonyl (C=O) groups excluding carboxylic acids is 2. The highest BCUT2D eigenvalue weighted by Crippen LogP contribution is 2.85. The van der Waals surface area contributed by atoms with E-state index in [0.29, 0.717) is 0 Å². The molecule has 2 aromatic carbocycles. The minimum Gasteiger partial charge on any atom is -0.392 e. The highest BCUT2D eigenvalue weighted by molar-refractivity contribution is 9.15. The summed E-state index contributed by atoms with van der Waals surface area (Å²) in [6, 6.07) is 8.11. The van der Waals surface area contributed by atoms with Crippen molar-refractivity contribution in [3.05, 3.63) is 64.4 Å². The highest BCUT2D eigenvalue weighted by atomic mass is 79.9. The van der Waals surface area contributed by atoms with E-state index in [1.54, 1.807) is 0 Å². The van der Waals surface area contributed by atoms with Crippen LogP contribution in [0.15, 0.2) is 42.2 Å². The largest absolute Gasteiger partial charge is 0.392 e. The first kappa shape index (κ1) is 19.9. The first-order valence-corrected chi connectivity index (χ1v) is 13.4. The number of benzene rings is 2. The monoisotopic (exact) mass is 670 g/mol. The number of aliphatic hydroxyl groups is 1. The lowest BCUT2D eigenvalue weighted by Crippen LogP contribution is -2.61.